The van der Waals surface area contributed by atoms with Crippen molar-refractivity contribution in [3.8, 4) is 11.1 Å². The molecule has 17 heavy (non-hydrogen) atoms. The second-order valence-electron chi connectivity index (χ2n) is 3.32. The molecule has 2 N–H and O–H groups in total. The van der Waals surface area contributed by atoms with Gasteiger partial charge >= 0.3 is 0 Å². The number of hydroxylamine groups is 1. The maximum atomic E-state index is 11.5. The Morgan fingerprint density at radius 3 is 2.59 bits per heavy atom. The zero-order chi connectivity index (χ0) is 12.3. The summed E-state index contributed by atoms with van der Waals surface area (Å²) in [7, 11) is 0. The number of aromatic nitrogens is 1. The molecule has 0 fully saturated rings. The molecule has 0 aliphatic carbocycles. The van der Waals surface area contributed by atoms with Crippen LogP contribution in [0.25, 0.3) is 11.1 Å². The molecule has 0 aliphatic rings. The molecule has 0 atom stereocenters. The number of amides is 1. The number of hydrogen-bond donors (Lipinski definition) is 2. The third kappa shape index (κ3) is 2.27. The van der Waals surface area contributed by atoms with Crippen LogP contribution in [0.2, 0.25) is 5.02 Å². The summed E-state index contributed by atoms with van der Waals surface area (Å²) in [4.78, 5) is 15.4. The fourth-order valence-corrected chi connectivity index (χ4v) is 1.80. The number of rotatable bonds is 2. The van der Waals surface area contributed by atoms with Crippen LogP contribution in [0, 0.1) is 0 Å². The summed E-state index contributed by atoms with van der Waals surface area (Å²) >= 11 is 6.06. The first kappa shape index (κ1) is 11.6. The van der Waals surface area contributed by atoms with E-state index in [0.717, 1.165) is 5.56 Å². The van der Waals surface area contributed by atoms with Crippen LogP contribution >= 0.6 is 11.6 Å². The van der Waals surface area contributed by atoms with Crippen LogP contribution in [0.5, 0.6) is 0 Å². The highest BCUT2D eigenvalue weighted by molar-refractivity contribution is 6.34. The Labute approximate surface area is 103 Å². The number of hydrogen-bond acceptors (Lipinski definition) is 3. The summed E-state index contributed by atoms with van der Waals surface area (Å²) in [6.07, 6.45) is 1.42. The molecule has 2 rings (SSSR count). The number of benzene rings is 1. The van der Waals surface area contributed by atoms with Gasteiger partial charge in [-0.15, -0.1) is 0 Å². The first-order valence-corrected chi connectivity index (χ1v) is 5.26. The molecule has 0 unspecified atom stereocenters. The van der Waals surface area contributed by atoms with Crippen molar-refractivity contribution in [1.82, 2.24) is 10.5 Å². The van der Waals surface area contributed by atoms with E-state index < -0.39 is 5.91 Å². The Morgan fingerprint density at radius 1 is 1.24 bits per heavy atom. The predicted molar refractivity (Wildman–Crippen MR) is 63.9 cm³/mol. The number of carbonyl (C=O) groups is 1. The van der Waals surface area contributed by atoms with E-state index in [-0.39, 0.29) is 5.69 Å². The second-order valence-corrected chi connectivity index (χ2v) is 3.73. The van der Waals surface area contributed by atoms with Gasteiger partial charge in [-0.05, 0) is 11.6 Å². The van der Waals surface area contributed by atoms with Gasteiger partial charge in [-0.3, -0.25) is 15.0 Å². The van der Waals surface area contributed by atoms with Crippen molar-refractivity contribution in [3.63, 3.8) is 0 Å². The Kier molecular flexibility index (Phi) is 3.37. The normalized spacial score (nSPS) is 10.0. The number of nitrogens with one attached hydrogen (secondary N) is 1. The predicted octanol–water partition coefficient (Wildman–Crippen LogP) is 2.52. The van der Waals surface area contributed by atoms with Gasteiger partial charge in [0.05, 0.1) is 5.02 Å². The Hall–Kier alpha value is -1.91. The van der Waals surface area contributed by atoms with Gasteiger partial charge in [0.15, 0.2) is 0 Å². The summed E-state index contributed by atoms with van der Waals surface area (Å²) in [6, 6.07) is 10.8. The Balaban J connectivity index is 2.64. The second kappa shape index (κ2) is 4.95. The van der Waals surface area contributed by atoms with Gasteiger partial charge in [-0.2, -0.15) is 0 Å². The monoisotopic (exact) mass is 248 g/mol. The third-order valence-corrected chi connectivity index (χ3v) is 2.59. The van der Waals surface area contributed by atoms with E-state index in [2.05, 4.69) is 4.98 Å². The lowest BCUT2D eigenvalue weighted by Gasteiger charge is -2.08. The van der Waals surface area contributed by atoms with Crippen LogP contribution in [0.1, 0.15) is 10.5 Å². The molecular formula is C12H9ClN2O2. The van der Waals surface area contributed by atoms with Crippen molar-refractivity contribution in [2.75, 3.05) is 0 Å². The Morgan fingerprint density at radius 2 is 1.94 bits per heavy atom. The van der Waals surface area contributed by atoms with Crippen LogP contribution in [0.4, 0.5) is 0 Å². The maximum Gasteiger partial charge on any atom is 0.293 e. The van der Waals surface area contributed by atoms with Crippen LogP contribution in [-0.4, -0.2) is 16.1 Å². The molecule has 0 aliphatic heterocycles. The first-order valence-electron chi connectivity index (χ1n) is 4.88. The molecule has 0 bridgehead atoms. The highest BCUT2D eigenvalue weighted by Crippen LogP contribution is 2.29. The maximum absolute atomic E-state index is 11.5. The standard InChI is InChI=1S/C12H9ClN2O2/c13-9-6-7-14-11(12(16)15-17)10(9)8-4-2-1-3-5-8/h1-7,17H,(H,15,16). The molecule has 1 heterocycles. The molecule has 4 nitrogen and oxygen atoms in total. The number of halogens is 1. The molecule has 0 saturated carbocycles. The highest BCUT2D eigenvalue weighted by atomic mass is 35.5. The van der Waals surface area contributed by atoms with E-state index in [9.17, 15) is 4.79 Å². The van der Waals surface area contributed by atoms with Crippen molar-refractivity contribution >= 4 is 17.5 Å². The topological polar surface area (TPSA) is 62.2 Å². The van der Waals surface area contributed by atoms with Crippen LogP contribution in [0.15, 0.2) is 42.6 Å². The van der Waals surface area contributed by atoms with Crippen molar-refractivity contribution in [2.45, 2.75) is 0 Å². The van der Waals surface area contributed by atoms with Crippen molar-refractivity contribution in [3.05, 3.63) is 53.3 Å². The summed E-state index contributed by atoms with van der Waals surface area (Å²) < 4.78 is 0. The smallest absolute Gasteiger partial charge is 0.288 e. The van der Waals surface area contributed by atoms with E-state index in [0.29, 0.717) is 10.6 Å². The van der Waals surface area contributed by atoms with Crippen LogP contribution in [-0.2, 0) is 0 Å². The minimum atomic E-state index is -0.689. The minimum absolute atomic E-state index is 0.0891. The van der Waals surface area contributed by atoms with E-state index in [1.54, 1.807) is 11.5 Å². The molecule has 0 radical (unpaired) electrons. The zero-order valence-corrected chi connectivity index (χ0v) is 9.48. The largest absolute Gasteiger partial charge is 0.293 e. The lowest BCUT2D eigenvalue weighted by atomic mass is 10.0. The van der Waals surface area contributed by atoms with Gasteiger partial charge in [0, 0.05) is 11.8 Å². The summed E-state index contributed by atoms with van der Waals surface area (Å²) in [5, 5.41) is 9.08. The van der Waals surface area contributed by atoms with Gasteiger partial charge in [-0.25, -0.2) is 5.48 Å². The lowest BCUT2D eigenvalue weighted by molar-refractivity contribution is 0.0701. The first-order chi connectivity index (χ1) is 8.24. The average molecular weight is 249 g/mol. The number of pyridine rings is 1. The molecular weight excluding hydrogens is 240 g/mol. The number of carbonyl (C=O) groups excluding carboxylic acids is 1. The summed E-state index contributed by atoms with van der Waals surface area (Å²) in [5.41, 5.74) is 2.92. The van der Waals surface area contributed by atoms with E-state index in [4.69, 9.17) is 16.8 Å². The van der Waals surface area contributed by atoms with E-state index in [1.807, 2.05) is 30.3 Å². The van der Waals surface area contributed by atoms with Gasteiger partial charge in [0.2, 0.25) is 0 Å². The quantitative estimate of drug-likeness (QED) is 0.634. The molecule has 5 heteroatoms. The average Bonchev–Trinajstić information content (AvgIpc) is 2.38. The molecule has 0 spiro atoms. The van der Waals surface area contributed by atoms with Gasteiger partial charge in [0.1, 0.15) is 5.69 Å². The number of nitrogens with zero attached hydrogens (tertiary/aromatic N) is 1. The van der Waals surface area contributed by atoms with E-state index >= 15 is 0 Å². The SMILES string of the molecule is O=C(NO)c1nccc(Cl)c1-c1ccccc1. The van der Waals surface area contributed by atoms with Gasteiger partial charge < -0.3 is 0 Å². The summed E-state index contributed by atoms with van der Waals surface area (Å²) in [6.45, 7) is 0. The van der Waals surface area contributed by atoms with Crippen molar-refractivity contribution in [1.29, 1.82) is 0 Å². The highest BCUT2D eigenvalue weighted by Gasteiger charge is 2.16. The zero-order valence-electron chi connectivity index (χ0n) is 8.72. The molecule has 1 aromatic carbocycles. The van der Waals surface area contributed by atoms with Crippen LogP contribution in [0.3, 0.4) is 0 Å². The minimum Gasteiger partial charge on any atom is -0.288 e. The molecule has 0 saturated heterocycles. The fourth-order valence-electron chi connectivity index (χ4n) is 1.54. The summed E-state index contributed by atoms with van der Waals surface area (Å²) in [5.74, 6) is -0.689. The van der Waals surface area contributed by atoms with Crippen molar-refractivity contribution in [2.24, 2.45) is 0 Å². The fraction of sp³-hybridized carbons (Fsp3) is 0. The Bertz CT molecular complexity index is 543. The third-order valence-electron chi connectivity index (χ3n) is 2.28. The van der Waals surface area contributed by atoms with Crippen LogP contribution < -0.4 is 5.48 Å². The molecule has 1 aromatic heterocycles. The molecule has 2 aromatic rings. The van der Waals surface area contributed by atoms with Gasteiger partial charge in [-0.1, -0.05) is 41.9 Å². The van der Waals surface area contributed by atoms with E-state index in [1.165, 1.54) is 6.20 Å². The molecule has 1 amide bonds. The lowest BCUT2D eigenvalue weighted by Crippen LogP contribution is -2.21. The van der Waals surface area contributed by atoms with Gasteiger partial charge in [0.25, 0.3) is 5.91 Å². The molecule has 86 valence electrons. The van der Waals surface area contributed by atoms with Crippen molar-refractivity contribution < 1.29 is 10.0 Å².